The van der Waals surface area contributed by atoms with Crippen LogP contribution in [0.25, 0.3) is 22.3 Å². The average Bonchev–Trinajstić information content (AvgIpc) is 3.62. The largest absolute Gasteiger partial charge is 0.444 e. The maximum atomic E-state index is 12.2. The minimum absolute atomic E-state index is 0.411. The van der Waals surface area contributed by atoms with E-state index in [2.05, 4.69) is 106 Å². The molecule has 0 spiro atoms. The standard InChI is InChI=1S/C21H25N5O2.C21H24N2O2/c1-14-6-5-7-17(12-14)16-10-8-15(9-11-16)13-18(19-23-25-26-24-19)22-20(27)28-21(2,3)4;1-15-6-5-7-18(12-15)17-10-8-16(9-11-17)13-19(14-22)23-20(24)25-21(2,3)4/h5-12,18H,13H2,1-4H3,(H,22,27)(H,23,24,25,26);5-12,19H,13H2,1-4H3,(H,23,24)/t18-;19-/m00/s1. The number of aromatic amines is 1. The number of tetrazole rings is 1. The number of amides is 2. The lowest BCUT2D eigenvalue weighted by Crippen LogP contribution is -2.39. The Morgan fingerprint density at radius 2 is 1.17 bits per heavy atom. The van der Waals surface area contributed by atoms with Gasteiger partial charge in [-0.05, 0) is 88.8 Å². The fourth-order valence-corrected chi connectivity index (χ4v) is 5.34. The molecule has 5 rings (SSSR count). The quantitative estimate of drug-likeness (QED) is 0.137. The topological polar surface area (TPSA) is 155 Å². The summed E-state index contributed by atoms with van der Waals surface area (Å²) >= 11 is 0. The lowest BCUT2D eigenvalue weighted by molar-refractivity contribution is 0.0494. The van der Waals surface area contributed by atoms with Crippen molar-refractivity contribution in [2.75, 3.05) is 0 Å². The van der Waals surface area contributed by atoms with Gasteiger partial charge in [-0.3, -0.25) is 0 Å². The number of benzene rings is 4. The van der Waals surface area contributed by atoms with Gasteiger partial charge >= 0.3 is 12.2 Å². The molecule has 1 heterocycles. The number of carbonyl (C=O) groups is 2. The number of alkyl carbamates (subject to hydrolysis) is 2. The fourth-order valence-electron chi connectivity index (χ4n) is 5.34. The Balaban J connectivity index is 0.000000238. The van der Waals surface area contributed by atoms with E-state index in [0.717, 1.165) is 27.8 Å². The third kappa shape index (κ3) is 13.6. The fraction of sp³-hybridized carbons (Fsp3) is 0.333. The van der Waals surface area contributed by atoms with Crippen molar-refractivity contribution in [1.82, 2.24) is 31.3 Å². The second-order valence-electron chi connectivity index (χ2n) is 14.8. The molecule has 0 aliphatic rings. The highest BCUT2D eigenvalue weighted by molar-refractivity contribution is 5.69. The van der Waals surface area contributed by atoms with Gasteiger partial charge < -0.3 is 20.1 Å². The van der Waals surface area contributed by atoms with Crippen LogP contribution >= 0.6 is 0 Å². The van der Waals surface area contributed by atoms with E-state index in [9.17, 15) is 14.9 Å². The van der Waals surface area contributed by atoms with Crippen molar-refractivity contribution < 1.29 is 19.1 Å². The minimum atomic E-state index is -0.625. The van der Waals surface area contributed by atoms with E-state index in [1.807, 2.05) is 63.2 Å². The van der Waals surface area contributed by atoms with Crippen LogP contribution in [0.3, 0.4) is 0 Å². The summed E-state index contributed by atoms with van der Waals surface area (Å²) in [7, 11) is 0. The van der Waals surface area contributed by atoms with E-state index in [0.29, 0.717) is 18.7 Å². The molecule has 5 aromatic rings. The SMILES string of the molecule is Cc1cccc(-c2ccc(C[C@@H](C#N)NC(=O)OC(C)(C)C)cc2)c1.Cc1cccc(-c2ccc(C[C@H](NC(=O)OC(C)(C)C)c3nn[nH]n3)cc2)c1. The Morgan fingerprint density at radius 1 is 0.698 bits per heavy atom. The van der Waals surface area contributed by atoms with Gasteiger partial charge in [0.25, 0.3) is 0 Å². The molecular weight excluding hydrogens is 667 g/mol. The molecule has 0 saturated heterocycles. The van der Waals surface area contributed by atoms with Gasteiger partial charge in [0.05, 0.1) is 6.07 Å². The Kier molecular flexibility index (Phi) is 13.5. The number of nitrogens with one attached hydrogen (secondary N) is 3. The first-order valence-corrected chi connectivity index (χ1v) is 17.5. The molecule has 11 heteroatoms. The van der Waals surface area contributed by atoms with Crippen LogP contribution in [0.5, 0.6) is 0 Å². The minimum Gasteiger partial charge on any atom is -0.444 e. The van der Waals surface area contributed by atoms with E-state index >= 15 is 0 Å². The normalized spacial score (nSPS) is 12.3. The number of aromatic nitrogens is 4. The highest BCUT2D eigenvalue weighted by atomic mass is 16.6. The Bertz CT molecular complexity index is 1970. The van der Waals surface area contributed by atoms with Gasteiger partial charge in [0, 0.05) is 12.8 Å². The van der Waals surface area contributed by atoms with Gasteiger partial charge in [0.1, 0.15) is 23.3 Å². The van der Waals surface area contributed by atoms with Gasteiger partial charge in [-0.1, -0.05) is 113 Å². The summed E-state index contributed by atoms with van der Waals surface area (Å²) in [6.07, 6.45) is -0.134. The second kappa shape index (κ2) is 18.0. The van der Waals surface area contributed by atoms with Crippen LogP contribution in [-0.4, -0.2) is 50.1 Å². The molecule has 0 unspecified atom stereocenters. The van der Waals surface area contributed by atoms with Crippen LogP contribution in [0.15, 0.2) is 97.1 Å². The zero-order valence-electron chi connectivity index (χ0n) is 31.7. The lowest BCUT2D eigenvalue weighted by Gasteiger charge is -2.22. The average molecular weight is 716 g/mol. The van der Waals surface area contributed by atoms with Crippen LogP contribution in [0.2, 0.25) is 0 Å². The smallest absolute Gasteiger partial charge is 0.408 e. The van der Waals surface area contributed by atoms with Gasteiger partial charge in [0.15, 0.2) is 5.82 Å². The number of ether oxygens (including phenoxy) is 2. The van der Waals surface area contributed by atoms with Crippen molar-refractivity contribution in [1.29, 1.82) is 5.26 Å². The van der Waals surface area contributed by atoms with Crippen LogP contribution in [0.4, 0.5) is 9.59 Å². The molecule has 0 aliphatic heterocycles. The van der Waals surface area contributed by atoms with Crippen LogP contribution in [0.1, 0.15) is 75.7 Å². The number of carbonyl (C=O) groups excluding carboxylic acids is 2. The van der Waals surface area contributed by atoms with Crippen molar-refractivity contribution >= 4 is 12.2 Å². The van der Waals surface area contributed by atoms with Gasteiger partial charge in [-0.15, -0.1) is 10.2 Å². The number of nitriles is 1. The molecule has 276 valence electrons. The van der Waals surface area contributed by atoms with Gasteiger partial charge in [-0.25, -0.2) is 9.59 Å². The van der Waals surface area contributed by atoms with Crippen molar-refractivity contribution in [2.24, 2.45) is 0 Å². The van der Waals surface area contributed by atoms with E-state index in [-0.39, 0.29) is 0 Å². The molecule has 1 aromatic heterocycles. The molecule has 0 saturated carbocycles. The maximum Gasteiger partial charge on any atom is 0.408 e. The van der Waals surface area contributed by atoms with E-state index < -0.39 is 35.5 Å². The first-order chi connectivity index (χ1) is 25.1. The summed E-state index contributed by atoms with van der Waals surface area (Å²) in [4.78, 5) is 24.0. The van der Waals surface area contributed by atoms with Crippen molar-refractivity contribution in [3.05, 3.63) is 125 Å². The Labute approximate surface area is 312 Å². The summed E-state index contributed by atoms with van der Waals surface area (Å²) in [5, 5.41) is 28.8. The summed E-state index contributed by atoms with van der Waals surface area (Å²) in [5.74, 6) is 0.411. The zero-order valence-corrected chi connectivity index (χ0v) is 31.7. The van der Waals surface area contributed by atoms with E-state index in [1.54, 1.807) is 20.8 Å². The van der Waals surface area contributed by atoms with E-state index in [1.165, 1.54) is 16.7 Å². The van der Waals surface area contributed by atoms with Crippen LogP contribution < -0.4 is 10.6 Å². The number of nitrogens with zero attached hydrogens (tertiary/aromatic N) is 4. The third-order valence-electron chi connectivity index (χ3n) is 7.70. The molecule has 0 radical (unpaired) electrons. The monoisotopic (exact) mass is 715 g/mol. The van der Waals surface area contributed by atoms with Crippen molar-refractivity contribution in [3.63, 3.8) is 0 Å². The highest BCUT2D eigenvalue weighted by Gasteiger charge is 2.24. The maximum absolute atomic E-state index is 12.2. The predicted molar refractivity (Wildman–Crippen MR) is 206 cm³/mol. The number of rotatable bonds is 9. The molecule has 53 heavy (non-hydrogen) atoms. The Morgan fingerprint density at radius 3 is 1.58 bits per heavy atom. The molecule has 3 N–H and O–H groups in total. The summed E-state index contributed by atoms with van der Waals surface area (Å²) in [5.41, 5.74) is 7.91. The molecule has 0 bridgehead atoms. The summed E-state index contributed by atoms with van der Waals surface area (Å²) in [6, 6.07) is 34.0. The van der Waals surface area contributed by atoms with Gasteiger partial charge in [0.2, 0.25) is 0 Å². The van der Waals surface area contributed by atoms with Crippen molar-refractivity contribution in [2.45, 2.75) is 91.5 Å². The second-order valence-corrected chi connectivity index (χ2v) is 14.8. The number of hydrogen-bond donors (Lipinski definition) is 3. The van der Waals surface area contributed by atoms with Crippen molar-refractivity contribution in [3.8, 4) is 28.3 Å². The molecular formula is C42H49N7O4. The highest BCUT2D eigenvalue weighted by Crippen LogP contribution is 2.24. The number of hydrogen-bond acceptors (Lipinski definition) is 8. The predicted octanol–water partition coefficient (Wildman–Crippen LogP) is 8.61. The summed E-state index contributed by atoms with van der Waals surface area (Å²) < 4.78 is 10.6. The molecule has 2 amide bonds. The number of H-pyrrole nitrogens is 1. The first kappa shape index (κ1) is 39.8. The molecule has 0 aliphatic carbocycles. The van der Waals surface area contributed by atoms with Gasteiger partial charge in [-0.2, -0.15) is 10.5 Å². The van der Waals surface area contributed by atoms with Crippen LogP contribution in [-0.2, 0) is 22.3 Å². The molecule has 11 nitrogen and oxygen atoms in total. The first-order valence-electron chi connectivity index (χ1n) is 17.5. The van der Waals surface area contributed by atoms with E-state index in [4.69, 9.17) is 9.47 Å². The number of aryl methyl sites for hydroxylation is 2. The molecule has 0 fully saturated rings. The molecule has 4 aromatic carbocycles. The zero-order chi connectivity index (χ0) is 38.6. The molecule has 2 atom stereocenters. The Hall–Kier alpha value is -6.02. The lowest BCUT2D eigenvalue weighted by atomic mass is 9.99. The van der Waals surface area contributed by atoms with Crippen LogP contribution in [0, 0.1) is 25.2 Å². The summed E-state index contributed by atoms with van der Waals surface area (Å²) in [6.45, 7) is 15.0. The third-order valence-corrected chi connectivity index (χ3v) is 7.70.